The van der Waals surface area contributed by atoms with Crippen LogP contribution in [0.15, 0.2) is 12.7 Å². The lowest BCUT2D eigenvalue weighted by atomic mass is 9.79. The molecule has 1 aliphatic carbocycles. The van der Waals surface area contributed by atoms with Gasteiger partial charge < -0.3 is 4.74 Å². The van der Waals surface area contributed by atoms with Crippen LogP contribution in [0.3, 0.4) is 0 Å². The Balaban J connectivity index is 2.11. The van der Waals surface area contributed by atoms with Crippen LogP contribution in [0, 0.1) is 11.8 Å². The molecule has 1 heterocycles. The number of fused-ring (bicyclic) bond motifs is 1. The lowest BCUT2D eigenvalue weighted by Crippen LogP contribution is -2.35. The summed E-state index contributed by atoms with van der Waals surface area (Å²) in [5, 5.41) is 0. The molecule has 1 saturated carbocycles. The summed E-state index contributed by atoms with van der Waals surface area (Å²) < 4.78 is 5.10. The van der Waals surface area contributed by atoms with Gasteiger partial charge in [0.1, 0.15) is 6.10 Å². The van der Waals surface area contributed by atoms with Crippen molar-refractivity contribution in [3.8, 4) is 0 Å². The van der Waals surface area contributed by atoms with Crippen molar-refractivity contribution in [3.05, 3.63) is 12.7 Å². The van der Waals surface area contributed by atoms with Crippen LogP contribution in [-0.2, 0) is 23.9 Å². The van der Waals surface area contributed by atoms with E-state index in [1.165, 1.54) is 6.92 Å². The van der Waals surface area contributed by atoms with E-state index in [1.807, 2.05) is 0 Å². The van der Waals surface area contributed by atoms with Gasteiger partial charge in [-0.05, 0) is 19.3 Å². The summed E-state index contributed by atoms with van der Waals surface area (Å²) in [6.07, 6.45) is 1.93. The van der Waals surface area contributed by atoms with E-state index < -0.39 is 41.6 Å². The minimum Gasteiger partial charge on any atom is -0.459 e. The monoisotopic (exact) mass is 265 g/mol. The first-order valence-corrected chi connectivity index (χ1v) is 6.17. The first-order valence-electron chi connectivity index (χ1n) is 6.17. The molecule has 2 aliphatic rings. The normalized spacial score (nSPS) is 29.9. The number of esters is 1. The van der Waals surface area contributed by atoms with Crippen LogP contribution in [0.5, 0.6) is 0 Å². The summed E-state index contributed by atoms with van der Waals surface area (Å²) in [6, 6.07) is 0. The molecule has 102 valence electrons. The average Bonchev–Trinajstić information content (AvgIpc) is 2.61. The molecule has 0 aromatic rings. The topological polar surface area (TPSA) is 80.8 Å². The van der Waals surface area contributed by atoms with Crippen molar-refractivity contribution in [3.63, 3.8) is 0 Å². The van der Waals surface area contributed by atoms with Gasteiger partial charge in [-0.3, -0.25) is 14.4 Å². The number of imide groups is 3. The molecule has 0 spiro atoms. The Hall–Kier alpha value is -1.98. The lowest BCUT2D eigenvalue weighted by molar-refractivity contribution is -0.150. The Morgan fingerprint density at radius 2 is 1.89 bits per heavy atom. The highest BCUT2D eigenvalue weighted by Crippen LogP contribution is 2.39. The van der Waals surface area contributed by atoms with Gasteiger partial charge in [0.05, 0.1) is 11.8 Å². The molecule has 0 aromatic carbocycles. The average molecular weight is 265 g/mol. The first-order chi connectivity index (χ1) is 8.95. The van der Waals surface area contributed by atoms with Crippen molar-refractivity contribution in [2.45, 2.75) is 32.3 Å². The predicted molar refractivity (Wildman–Crippen MR) is 63.4 cm³/mol. The molecule has 3 atom stereocenters. The van der Waals surface area contributed by atoms with E-state index in [-0.39, 0.29) is 0 Å². The van der Waals surface area contributed by atoms with Crippen molar-refractivity contribution < 1.29 is 23.9 Å². The van der Waals surface area contributed by atoms with Gasteiger partial charge in [-0.15, -0.1) is 0 Å². The fraction of sp³-hybridized carbons (Fsp3) is 0.538. The Kier molecular flexibility index (Phi) is 3.50. The number of carbonyl (C=O) groups excluding carboxylic acids is 4. The van der Waals surface area contributed by atoms with Crippen molar-refractivity contribution in [2.24, 2.45) is 11.8 Å². The van der Waals surface area contributed by atoms with Crippen molar-refractivity contribution >= 4 is 23.7 Å². The molecule has 6 heteroatoms. The van der Waals surface area contributed by atoms with Crippen molar-refractivity contribution in [1.82, 2.24) is 4.90 Å². The number of likely N-dealkylation sites (tertiary alicyclic amines) is 1. The van der Waals surface area contributed by atoms with Crippen LogP contribution >= 0.6 is 0 Å². The zero-order valence-corrected chi connectivity index (χ0v) is 10.6. The van der Waals surface area contributed by atoms with Gasteiger partial charge in [0.15, 0.2) is 0 Å². The van der Waals surface area contributed by atoms with Gasteiger partial charge in [-0.1, -0.05) is 6.58 Å². The summed E-state index contributed by atoms with van der Waals surface area (Å²) in [6.45, 7) is 4.50. The van der Waals surface area contributed by atoms with E-state index in [1.54, 1.807) is 0 Å². The highest BCUT2D eigenvalue weighted by molar-refractivity contribution is 6.16. The molecule has 2 rings (SSSR count). The van der Waals surface area contributed by atoms with Gasteiger partial charge in [0.25, 0.3) is 0 Å². The smallest absolute Gasteiger partial charge is 0.330 e. The van der Waals surface area contributed by atoms with Crippen LogP contribution in [-0.4, -0.2) is 34.7 Å². The molecule has 3 unspecified atom stereocenters. The molecule has 0 bridgehead atoms. The maximum absolute atomic E-state index is 12.0. The molecule has 19 heavy (non-hydrogen) atoms. The molecule has 0 radical (unpaired) electrons. The second-order valence-electron chi connectivity index (χ2n) is 4.82. The molecular weight excluding hydrogens is 250 g/mol. The summed E-state index contributed by atoms with van der Waals surface area (Å²) in [4.78, 5) is 47.1. The largest absolute Gasteiger partial charge is 0.459 e. The molecule has 6 nitrogen and oxygen atoms in total. The number of nitrogens with zero attached hydrogens (tertiary/aromatic N) is 1. The predicted octanol–water partition coefficient (Wildman–Crippen LogP) is 0.416. The molecule has 1 aliphatic heterocycles. The van der Waals surface area contributed by atoms with E-state index >= 15 is 0 Å². The number of rotatable bonds is 2. The van der Waals surface area contributed by atoms with Crippen LogP contribution in [0.2, 0.25) is 0 Å². The van der Waals surface area contributed by atoms with Crippen LogP contribution in [0.4, 0.5) is 0 Å². The summed E-state index contributed by atoms with van der Waals surface area (Å²) in [5.74, 6) is -2.98. The summed E-state index contributed by atoms with van der Waals surface area (Å²) in [7, 11) is 0. The summed E-state index contributed by atoms with van der Waals surface area (Å²) >= 11 is 0. The lowest BCUT2D eigenvalue weighted by Gasteiger charge is -2.27. The molecule has 2 fully saturated rings. The third-order valence-electron chi connectivity index (χ3n) is 3.64. The Bertz CT molecular complexity index is 470. The second-order valence-corrected chi connectivity index (χ2v) is 4.82. The van der Waals surface area contributed by atoms with Gasteiger partial charge in [0.2, 0.25) is 17.7 Å². The number of amides is 3. The number of carbonyl (C=O) groups is 4. The maximum atomic E-state index is 12.0. The molecule has 1 saturated heterocycles. The standard InChI is InChI=1S/C13H15NO5/c1-3-11(16)19-8-4-5-9-10(6-8)13(18)14(7(2)15)12(9)17/h3,8-10H,1,4-6H2,2H3. The number of hydrogen-bond donors (Lipinski definition) is 0. The fourth-order valence-corrected chi connectivity index (χ4v) is 2.77. The third-order valence-corrected chi connectivity index (χ3v) is 3.64. The van der Waals surface area contributed by atoms with Crippen LogP contribution in [0.25, 0.3) is 0 Å². The Morgan fingerprint density at radius 3 is 2.47 bits per heavy atom. The zero-order chi connectivity index (χ0) is 14.2. The number of ether oxygens (including phenoxy) is 1. The highest BCUT2D eigenvalue weighted by atomic mass is 16.5. The molecule has 0 aromatic heterocycles. The van der Waals surface area contributed by atoms with E-state index in [4.69, 9.17) is 4.74 Å². The van der Waals surface area contributed by atoms with E-state index in [0.717, 1.165) is 6.08 Å². The van der Waals surface area contributed by atoms with Crippen molar-refractivity contribution in [1.29, 1.82) is 0 Å². The maximum Gasteiger partial charge on any atom is 0.330 e. The van der Waals surface area contributed by atoms with Crippen LogP contribution < -0.4 is 0 Å². The van der Waals surface area contributed by atoms with Gasteiger partial charge in [-0.25, -0.2) is 9.69 Å². The van der Waals surface area contributed by atoms with Gasteiger partial charge in [-0.2, -0.15) is 0 Å². The zero-order valence-electron chi connectivity index (χ0n) is 10.6. The Morgan fingerprint density at radius 1 is 1.26 bits per heavy atom. The van der Waals surface area contributed by atoms with Crippen LogP contribution in [0.1, 0.15) is 26.2 Å². The summed E-state index contributed by atoms with van der Waals surface area (Å²) in [5.41, 5.74) is 0. The van der Waals surface area contributed by atoms with Gasteiger partial charge in [0, 0.05) is 13.0 Å². The van der Waals surface area contributed by atoms with E-state index in [0.29, 0.717) is 24.2 Å². The molecule has 0 N–H and O–H groups in total. The number of hydrogen-bond acceptors (Lipinski definition) is 5. The molecule has 3 amide bonds. The first kappa shape index (κ1) is 13.5. The third kappa shape index (κ3) is 2.30. The minimum atomic E-state index is -0.552. The minimum absolute atomic E-state index is 0.290. The quantitative estimate of drug-likeness (QED) is 0.410. The SMILES string of the molecule is C=CC(=O)OC1CCC2C(=O)N(C(C)=O)C(=O)C2C1. The Labute approximate surface area is 110 Å². The van der Waals surface area contributed by atoms with E-state index in [9.17, 15) is 19.2 Å². The van der Waals surface area contributed by atoms with E-state index in [2.05, 4.69) is 6.58 Å². The second kappa shape index (κ2) is 4.95. The fourth-order valence-electron chi connectivity index (χ4n) is 2.77. The molecular formula is C13H15NO5. The highest BCUT2D eigenvalue weighted by Gasteiger charge is 2.52. The van der Waals surface area contributed by atoms with Crippen molar-refractivity contribution in [2.75, 3.05) is 0 Å². The van der Waals surface area contributed by atoms with Gasteiger partial charge >= 0.3 is 5.97 Å².